The van der Waals surface area contributed by atoms with Crippen LogP contribution in [0.2, 0.25) is 5.02 Å². The number of amides is 1. The van der Waals surface area contributed by atoms with Crippen LogP contribution in [0, 0.1) is 6.92 Å². The first-order chi connectivity index (χ1) is 12.6. The lowest BCUT2D eigenvalue weighted by molar-refractivity contribution is -0.149. The molecular weight excluding hydrogens is 412 g/mol. The van der Waals surface area contributed by atoms with E-state index in [-0.39, 0.29) is 26.2 Å². The van der Waals surface area contributed by atoms with Gasteiger partial charge >= 0.3 is 0 Å². The summed E-state index contributed by atoms with van der Waals surface area (Å²) in [7, 11) is -3.93. The largest absolute Gasteiger partial charge is 0.347 e. The maximum Gasteiger partial charge on any atom is 0.263 e. The van der Waals surface area contributed by atoms with Crippen LogP contribution in [0.3, 0.4) is 0 Å². The minimum atomic E-state index is -3.93. The molecule has 2 aromatic rings. The zero-order valence-electron chi connectivity index (χ0n) is 14.7. The first-order valence-electron chi connectivity index (χ1n) is 8.09. The number of carbonyl (C=O) groups is 1. The summed E-state index contributed by atoms with van der Waals surface area (Å²) in [5.41, 5.74) is 1.98. The van der Waals surface area contributed by atoms with Gasteiger partial charge in [-0.3, -0.25) is 4.79 Å². The van der Waals surface area contributed by atoms with E-state index in [1.165, 1.54) is 6.92 Å². The first kappa shape index (κ1) is 20.2. The average molecular weight is 431 g/mol. The average Bonchev–Trinajstić information content (AvgIpc) is 3.18. The molecule has 1 aromatic heterocycles. The van der Waals surface area contributed by atoms with E-state index in [0.717, 1.165) is 22.5 Å². The van der Waals surface area contributed by atoms with Crippen LogP contribution >= 0.6 is 22.9 Å². The Labute approximate surface area is 166 Å². The number of sulfonamides is 1. The van der Waals surface area contributed by atoms with Gasteiger partial charge in [-0.05, 0) is 31.0 Å². The quantitative estimate of drug-likeness (QED) is 0.757. The molecule has 0 aliphatic carbocycles. The second-order valence-electron chi connectivity index (χ2n) is 6.23. The molecule has 0 bridgehead atoms. The number of thiophene rings is 1. The highest BCUT2D eigenvalue weighted by molar-refractivity contribution is 7.91. The molecule has 1 amide bonds. The van der Waals surface area contributed by atoms with Gasteiger partial charge in [-0.2, -0.15) is 0 Å². The van der Waals surface area contributed by atoms with E-state index in [1.807, 2.05) is 31.2 Å². The third-order valence-electron chi connectivity index (χ3n) is 4.24. The molecule has 1 aliphatic rings. The van der Waals surface area contributed by atoms with Crippen molar-refractivity contribution in [1.29, 1.82) is 0 Å². The predicted molar refractivity (Wildman–Crippen MR) is 102 cm³/mol. The SMILES string of the molecule is Cc1c(S(N)(=O)=O)sc(C(=O)NCc2cccc(C3(C)OCCO3)c2)c1Cl. The number of nitrogens with one attached hydrogen (secondary N) is 1. The summed E-state index contributed by atoms with van der Waals surface area (Å²) in [5, 5.41) is 8.00. The van der Waals surface area contributed by atoms with Gasteiger partial charge in [-0.25, -0.2) is 13.6 Å². The van der Waals surface area contributed by atoms with Crippen LogP contribution in [0.25, 0.3) is 0 Å². The fraction of sp³-hybridized carbons (Fsp3) is 0.353. The summed E-state index contributed by atoms with van der Waals surface area (Å²) in [5.74, 6) is -1.26. The Kier molecular flexibility index (Phi) is 5.62. The molecule has 10 heteroatoms. The van der Waals surface area contributed by atoms with Gasteiger partial charge < -0.3 is 14.8 Å². The molecule has 0 spiro atoms. The Hall–Kier alpha value is -1.49. The van der Waals surface area contributed by atoms with Gasteiger partial charge in [0.05, 0.1) is 18.2 Å². The van der Waals surface area contributed by atoms with Crippen molar-refractivity contribution < 1.29 is 22.7 Å². The Morgan fingerprint density at radius 2 is 2.04 bits per heavy atom. The third kappa shape index (κ3) is 4.18. The Morgan fingerprint density at radius 3 is 2.63 bits per heavy atom. The van der Waals surface area contributed by atoms with E-state index in [9.17, 15) is 13.2 Å². The molecule has 7 nitrogen and oxygen atoms in total. The molecule has 146 valence electrons. The maximum atomic E-state index is 12.5. The Morgan fingerprint density at radius 1 is 1.37 bits per heavy atom. The molecular formula is C17H19ClN2O5S2. The molecule has 0 radical (unpaired) electrons. The zero-order valence-corrected chi connectivity index (χ0v) is 17.1. The number of hydrogen-bond acceptors (Lipinski definition) is 6. The highest BCUT2D eigenvalue weighted by Gasteiger charge is 2.33. The van der Waals surface area contributed by atoms with E-state index in [0.29, 0.717) is 13.2 Å². The van der Waals surface area contributed by atoms with E-state index < -0.39 is 21.7 Å². The van der Waals surface area contributed by atoms with E-state index in [2.05, 4.69) is 5.32 Å². The second kappa shape index (κ2) is 7.50. The minimum Gasteiger partial charge on any atom is -0.347 e. The summed E-state index contributed by atoms with van der Waals surface area (Å²) < 4.78 is 34.4. The summed E-state index contributed by atoms with van der Waals surface area (Å²) in [6.07, 6.45) is 0. The lowest BCUT2D eigenvalue weighted by Crippen LogP contribution is -2.24. The summed E-state index contributed by atoms with van der Waals surface area (Å²) in [6, 6.07) is 7.50. The van der Waals surface area contributed by atoms with E-state index in [4.69, 9.17) is 26.2 Å². The van der Waals surface area contributed by atoms with E-state index >= 15 is 0 Å². The molecule has 1 aliphatic heterocycles. The fourth-order valence-electron chi connectivity index (χ4n) is 2.80. The molecule has 1 aromatic carbocycles. The monoisotopic (exact) mass is 430 g/mol. The molecule has 1 fully saturated rings. The van der Waals surface area contributed by atoms with Crippen molar-refractivity contribution in [2.75, 3.05) is 13.2 Å². The smallest absolute Gasteiger partial charge is 0.263 e. The van der Waals surface area contributed by atoms with Gasteiger partial charge in [-0.1, -0.05) is 29.8 Å². The first-order valence-corrected chi connectivity index (χ1v) is 10.8. The number of benzene rings is 1. The minimum absolute atomic E-state index is 0.0931. The normalized spacial score (nSPS) is 16.4. The fourth-order valence-corrected chi connectivity index (χ4v) is 5.30. The Bertz CT molecular complexity index is 981. The van der Waals surface area contributed by atoms with Gasteiger partial charge in [0, 0.05) is 12.1 Å². The number of ether oxygens (including phenoxy) is 2. The van der Waals surface area contributed by atoms with Crippen LogP contribution < -0.4 is 10.5 Å². The lowest BCUT2D eigenvalue weighted by Gasteiger charge is -2.23. The summed E-state index contributed by atoms with van der Waals surface area (Å²) in [4.78, 5) is 12.6. The molecule has 3 rings (SSSR count). The van der Waals surface area contributed by atoms with Crippen molar-refractivity contribution in [3.63, 3.8) is 0 Å². The van der Waals surface area contributed by atoms with Gasteiger partial charge in [-0.15, -0.1) is 11.3 Å². The molecule has 3 N–H and O–H groups in total. The number of nitrogens with two attached hydrogens (primary N) is 1. The number of hydrogen-bond donors (Lipinski definition) is 2. The number of primary sulfonamides is 1. The van der Waals surface area contributed by atoms with Crippen molar-refractivity contribution in [2.45, 2.75) is 30.4 Å². The van der Waals surface area contributed by atoms with Crippen molar-refractivity contribution >= 4 is 38.9 Å². The van der Waals surface area contributed by atoms with Gasteiger partial charge in [0.25, 0.3) is 5.91 Å². The number of halogens is 1. The third-order valence-corrected chi connectivity index (χ3v) is 7.68. The highest BCUT2D eigenvalue weighted by Crippen LogP contribution is 2.35. The van der Waals surface area contributed by atoms with Crippen molar-refractivity contribution in [3.05, 3.63) is 50.9 Å². The lowest BCUT2D eigenvalue weighted by atomic mass is 10.0. The van der Waals surface area contributed by atoms with Crippen LogP contribution in [-0.4, -0.2) is 27.5 Å². The second-order valence-corrected chi connectivity index (χ2v) is 9.38. The van der Waals surface area contributed by atoms with Crippen LogP contribution in [0.1, 0.15) is 33.3 Å². The number of rotatable bonds is 5. The van der Waals surface area contributed by atoms with Gasteiger partial charge in [0.15, 0.2) is 5.79 Å². The van der Waals surface area contributed by atoms with Crippen molar-refractivity contribution in [2.24, 2.45) is 5.14 Å². The van der Waals surface area contributed by atoms with Gasteiger partial charge in [0.2, 0.25) is 10.0 Å². The summed E-state index contributed by atoms with van der Waals surface area (Å²) in [6.45, 7) is 4.66. The van der Waals surface area contributed by atoms with Crippen LogP contribution in [-0.2, 0) is 31.8 Å². The molecule has 0 unspecified atom stereocenters. The zero-order chi connectivity index (χ0) is 19.8. The molecule has 27 heavy (non-hydrogen) atoms. The highest BCUT2D eigenvalue weighted by atomic mass is 35.5. The van der Waals surface area contributed by atoms with Crippen molar-refractivity contribution in [3.8, 4) is 0 Å². The maximum absolute atomic E-state index is 12.5. The van der Waals surface area contributed by atoms with Crippen LogP contribution in [0.15, 0.2) is 28.5 Å². The molecule has 2 heterocycles. The van der Waals surface area contributed by atoms with Crippen LogP contribution in [0.5, 0.6) is 0 Å². The molecule has 1 saturated heterocycles. The van der Waals surface area contributed by atoms with Gasteiger partial charge in [0.1, 0.15) is 9.09 Å². The van der Waals surface area contributed by atoms with E-state index in [1.54, 1.807) is 0 Å². The molecule has 0 atom stereocenters. The molecule has 0 saturated carbocycles. The number of carbonyl (C=O) groups excluding carboxylic acids is 1. The predicted octanol–water partition coefficient (Wildman–Crippen LogP) is 2.51. The Balaban J connectivity index is 1.75. The van der Waals surface area contributed by atoms with Crippen LogP contribution in [0.4, 0.5) is 0 Å². The standard InChI is InChI=1S/C17H19ClN2O5S2/c1-10-13(18)14(26-16(10)27(19,22)23)15(21)20-9-11-4-3-5-12(8-11)17(2)24-6-7-25-17/h3-5,8H,6-7,9H2,1-2H3,(H,20,21)(H2,19,22,23). The van der Waals surface area contributed by atoms with Crippen molar-refractivity contribution in [1.82, 2.24) is 5.32 Å². The summed E-state index contributed by atoms with van der Waals surface area (Å²) >= 11 is 6.88. The topological polar surface area (TPSA) is 108 Å².